The number of nitrogens with one attached hydrogen (secondary N) is 1. The summed E-state index contributed by atoms with van der Waals surface area (Å²) in [5, 5.41) is 3.92. The molecular weight excluding hydrogens is 250 g/mol. The lowest BCUT2D eigenvalue weighted by Gasteiger charge is -2.08. The van der Waals surface area contributed by atoms with Gasteiger partial charge in [0.15, 0.2) is 0 Å². The lowest BCUT2D eigenvalue weighted by atomic mass is 10.2. The number of ether oxygens (including phenoxy) is 2. The van der Waals surface area contributed by atoms with Crippen LogP contribution >= 0.6 is 11.6 Å². The van der Waals surface area contributed by atoms with Crippen molar-refractivity contribution in [3.63, 3.8) is 0 Å². The van der Waals surface area contributed by atoms with Gasteiger partial charge < -0.3 is 14.8 Å². The van der Waals surface area contributed by atoms with E-state index in [4.69, 9.17) is 21.1 Å². The Labute approximate surface area is 114 Å². The van der Waals surface area contributed by atoms with Gasteiger partial charge in [-0.15, -0.1) is 0 Å². The minimum atomic E-state index is 0.621. The van der Waals surface area contributed by atoms with Gasteiger partial charge in [-0.1, -0.05) is 29.8 Å². The molecule has 0 aliphatic heterocycles. The first kappa shape index (κ1) is 15.0. The maximum atomic E-state index is 6.04. The zero-order chi connectivity index (χ0) is 13.4. The average molecular weight is 270 g/mol. The summed E-state index contributed by atoms with van der Waals surface area (Å²) in [6.45, 7) is 8.59. The number of benzene rings is 1. The van der Waals surface area contributed by atoms with Crippen LogP contribution in [0, 0.1) is 0 Å². The van der Waals surface area contributed by atoms with Crippen molar-refractivity contribution in [1.82, 2.24) is 5.32 Å². The molecule has 4 heteroatoms. The van der Waals surface area contributed by atoms with Gasteiger partial charge in [-0.25, -0.2) is 0 Å². The zero-order valence-electron chi connectivity index (χ0n) is 11.0. The van der Waals surface area contributed by atoms with Crippen LogP contribution < -0.4 is 10.1 Å². The first-order chi connectivity index (χ1) is 8.63. The fourth-order valence-electron chi connectivity index (χ4n) is 1.44. The standard InChI is InChI=1S/C14H20ClNO2/c1-11(2)10-18-7-6-16-9-12-4-5-14(17-3)13(15)8-12/h4-5,8,16H,1,6-7,9-10H2,2-3H3. The number of halogens is 1. The molecule has 18 heavy (non-hydrogen) atoms. The molecule has 0 radical (unpaired) electrons. The van der Waals surface area contributed by atoms with E-state index < -0.39 is 0 Å². The molecule has 0 aliphatic rings. The van der Waals surface area contributed by atoms with Gasteiger partial charge in [0.1, 0.15) is 5.75 Å². The molecule has 0 saturated heterocycles. The monoisotopic (exact) mass is 269 g/mol. The van der Waals surface area contributed by atoms with E-state index in [2.05, 4.69) is 11.9 Å². The molecule has 0 unspecified atom stereocenters. The van der Waals surface area contributed by atoms with E-state index in [0.717, 1.165) is 24.2 Å². The Morgan fingerprint density at radius 1 is 1.44 bits per heavy atom. The van der Waals surface area contributed by atoms with Crippen LogP contribution in [0.3, 0.4) is 0 Å². The molecule has 0 bridgehead atoms. The molecule has 0 atom stereocenters. The zero-order valence-corrected chi connectivity index (χ0v) is 11.7. The van der Waals surface area contributed by atoms with Crippen LogP contribution in [0.5, 0.6) is 5.75 Å². The second kappa shape index (κ2) is 8.14. The predicted octanol–water partition coefficient (Wildman–Crippen LogP) is 3.03. The van der Waals surface area contributed by atoms with Gasteiger partial charge in [0.2, 0.25) is 0 Å². The third-order valence-corrected chi connectivity index (χ3v) is 2.61. The molecule has 0 saturated carbocycles. The highest BCUT2D eigenvalue weighted by atomic mass is 35.5. The highest BCUT2D eigenvalue weighted by Crippen LogP contribution is 2.24. The number of hydrogen-bond acceptors (Lipinski definition) is 3. The molecule has 0 aliphatic carbocycles. The lowest BCUT2D eigenvalue weighted by molar-refractivity contribution is 0.158. The molecule has 1 N–H and O–H groups in total. The van der Waals surface area contributed by atoms with Crippen molar-refractivity contribution < 1.29 is 9.47 Å². The van der Waals surface area contributed by atoms with Crippen molar-refractivity contribution >= 4 is 11.6 Å². The maximum absolute atomic E-state index is 6.04. The summed E-state index contributed by atoms with van der Waals surface area (Å²) >= 11 is 6.04. The molecule has 1 aromatic carbocycles. The molecule has 100 valence electrons. The van der Waals surface area contributed by atoms with Crippen LogP contribution in [0.4, 0.5) is 0 Å². The highest BCUT2D eigenvalue weighted by molar-refractivity contribution is 6.32. The summed E-state index contributed by atoms with van der Waals surface area (Å²) in [5.74, 6) is 0.699. The summed E-state index contributed by atoms with van der Waals surface area (Å²) in [5.41, 5.74) is 2.16. The Kier molecular flexibility index (Phi) is 6.80. The second-order valence-electron chi connectivity index (χ2n) is 4.16. The Balaban J connectivity index is 2.23. The third-order valence-electron chi connectivity index (χ3n) is 2.32. The van der Waals surface area contributed by atoms with E-state index in [0.29, 0.717) is 24.0 Å². The van der Waals surface area contributed by atoms with Crippen molar-refractivity contribution in [3.05, 3.63) is 40.9 Å². The Morgan fingerprint density at radius 2 is 2.22 bits per heavy atom. The van der Waals surface area contributed by atoms with E-state index in [1.54, 1.807) is 7.11 Å². The summed E-state index contributed by atoms with van der Waals surface area (Å²) in [7, 11) is 1.61. The van der Waals surface area contributed by atoms with Gasteiger partial charge in [0, 0.05) is 13.1 Å². The molecule has 3 nitrogen and oxygen atoms in total. The van der Waals surface area contributed by atoms with E-state index in [1.807, 2.05) is 25.1 Å². The van der Waals surface area contributed by atoms with E-state index in [9.17, 15) is 0 Å². The van der Waals surface area contributed by atoms with Crippen molar-refractivity contribution in [3.8, 4) is 5.75 Å². The molecule has 0 spiro atoms. The molecule has 1 rings (SSSR count). The third kappa shape index (κ3) is 5.54. The molecular formula is C14H20ClNO2. The lowest BCUT2D eigenvalue weighted by Crippen LogP contribution is -2.19. The summed E-state index contributed by atoms with van der Waals surface area (Å²) in [6, 6.07) is 5.77. The maximum Gasteiger partial charge on any atom is 0.137 e. The largest absolute Gasteiger partial charge is 0.495 e. The van der Waals surface area contributed by atoms with Gasteiger partial charge in [-0.3, -0.25) is 0 Å². The minimum Gasteiger partial charge on any atom is -0.495 e. The fourth-order valence-corrected chi connectivity index (χ4v) is 1.72. The minimum absolute atomic E-state index is 0.621. The van der Waals surface area contributed by atoms with Gasteiger partial charge in [0.25, 0.3) is 0 Å². The Hall–Kier alpha value is -1.03. The SMILES string of the molecule is C=C(C)COCCNCc1ccc(OC)c(Cl)c1. The molecule has 0 heterocycles. The first-order valence-corrected chi connectivity index (χ1v) is 6.26. The predicted molar refractivity (Wildman–Crippen MR) is 75.3 cm³/mol. The van der Waals surface area contributed by atoms with Crippen LogP contribution in [-0.4, -0.2) is 26.9 Å². The first-order valence-electron chi connectivity index (χ1n) is 5.88. The normalized spacial score (nSPS) is 10.4. The number of rotatable bonds is 8. The Bertz CT molecular complexity index is 393. The quantitative estimate of drug-likeness (QED) is 0.581. The molecule has 1 aromatic rings. The molecule has 0 aromatic heterocycles. The Morgan fingerprint density at radius 3 is 2.83 bits per heavy atom. The van der Waals surface area contributed by atoms with E-state index >= 15 is 0 Å². The number of hydrogen-bond donors (Lipinski definition) is 1. The summed E-state index contributed by atoms with van der Waals surface area (Å²) < 4.78 is 10.5. The summed E-state index contributed by atoms with van der Waals surface area (Å²) in [4.78, 5) is 0. The van der Waals surface area contributed by atoms with E-state index in [-0.39, 0.29) is 0 Å². The van der Waals surface area contributed by atoms with E-state index in [1.165, 1.54) is 0 Å². The van der Waals surface area contributed by atoms with Crippen LogP contribution in [0.15, 0.2) is 30.4 Å². The van der Waals surface area contributed by atoms with Gasteiger partial charge in [-0.2, -0.15) is 0 Å². The van der Waals surface area contributed by atoms with Crippen molar-refractivity contribution in [1.29, 1.82) is 0 Å². The molecule has 0 fully saturated rings. The number of methoxy groups -OCH3 is 1. The van der Waals surface area contributed by atoms with Crippen LogP contribution in [0.2, 0.25) is 5.02 Å². The van der Waals surface area contributed by atoms with Crippen molar-refractivity contribution in [2.45, 2.75) is 13.5 Å². The smallest absolute Gasteiger partial charge is 0.137 e. The van der Waals surface area contributed by atoms with Crippen LogP contribution in [-0.2, 0) is 11.3 Å². The average Bonchev–Trinajstić information content (AvgIpc) is 2.33. The summed E-state index contributed by atoms with van der Waals surface area (Å²) in [6.07, 6.45) is 0. The van der Waals surface area contributed by atoms with Gasteiger partial charge >= 0.3 is 0 Å². The van der Waals surface area contributed by atoms with Crippen molar-refractivity contribution in [2.24, 2.45) is 0 Å². The fraction of sp³-hybridized carbons (Fsp3) is 0.429. The topological polar surface area (TPSA) is 30.5 Å². The highest BCUT2D eigenvalue weighted by Gasteiger charge is 2.01. The van der Waals surface area contributed by atoms with Crippen LogP contribution in [0.1, 0.15) is 12.5 Å². The van der Waals surface area contributed by atoms with Crippen molar-refractivity contribution in [2.75, 3.05) is 26.9 Å². The van der Waals surface area contributed by atoms with Gasteiger partial charge in [-0.05, 0) is 24.6 Å². The molecule has 0 amide bonds. The second-order valence-corrected chi connectivity index (χ2v) is 4.56. The van der Waals surface area contributed by atoms with Crippen LogP contribution in [0.25, 0.3) is 0 Å². The van der Waals surface area contributed by atoms with Gasteiger partial charge in [0.05, 0.1) is 25.3 Å².